The van der Waals surface area contributed by atoms with E-state index in [1.165, 1.54) is 24.8 Å². The van der Waals surface area contributed by atoms with Gasteiger partial charge in [0.15, 0.2) is 0 Å². The van der Waals surface area contributed by atoms with Crippen LogP contribution in [0.3, 0.4) is 0 Å². The number of ether oxygens (including phenoxy) is 1. The number of aryl methyl sites for hydroxylation is 1. The third-order valence-corrected chi connectivity index (χ3v) is 3.81. The predicted molar refractivity (Wildman–Crippen MR) is 76.4 cm³/mol. The highest BCUT2D eigenvalue weighted by atomic mass is 16.5. The van der Waals surface area contributed by atoms with Crippen LogP contribution in [-0.4, -0.2) is 31.6 Å². The average molecular weight is 258 g/mol. The summed E-state index contributed by atoms with van der Waals surface area (Å²) in [6, 6.07) is 8.51. The maximum atomic E-state index is 9.49. The Morgan fingerprint density at radius 2 is 2.05 bits per heavy atom. The number of hydrogen-bond donors (Lipinski definition) is 0. The van der Waals surface area contributed by atoms with Gasteiger partial charge in [-0.15, -0.1) is 0 Å². The number of nitrogens with zero attached hydrogens (tertiary/aromatic N) is 2. The molecule has 19 heavy (non-hydrogen) atoms. The molecule has 1 fully saturated rings. The van der Waals surface area contributed by atoms with Gasteiger partial charge in [-0.3, -0.25) is 0 Å². The Balaban J connectivity index is 2.16. The van der Waals surface area contributed by atoms with Crippen molar-refractivity contribution in [2.24, 2.45) is 0 Å². The number of rotatable bonds is 4. The third kappa shape index (κ3) is 3.48. The van der Waals surface area contributed by atoms with E-state index in [1.54, 1.807) is 7.11 Å². The minimum Gasteiger partial charge on any atom is -0.496 e. The molecule has 0 bridgehead atoms. The van der Waals surface area contributed by atoms with E-state index in [4.69, 9.17) is 4.74 Å². The lowest BCUT2D eigenvalue weighted by Gasteiger charge is -2.28. The van der Waals surface area contributed by atoms with Crippen LogP contribution in [0.1, 0.15) is 36.3 Å². The first-order chi connectivity index (χ1) is 9.24. The van der Waals surface area contributed by atoms with Crippen LogP contribution in [0.15, 0.2) is 18.2 Å². The maximum Gasteiger partial charge on any atom is 0.123 e. The second-order valence-corrected chi connectivity index (χ2v) is 5.29. The molecule has 1 heterocycles. The fraction of sp³-hybridized carbons (Fsp3) is 0.562. The topological polar surface area (TPSA) is 36.3 Å². The Kier molecular flexibility index (Phi) is 4.81. The Bertz CT molecular complexity index is 458. The Hall–Kier alpha value is -1.53. The molecule has 1 unspecified atom stereocenters. The summed E-state index contributed by atoms with van der Waals surface area (Å²) < 4.78 is 5.40. The number of benzene rings is 1. The van der Waals surface area contributed by atoms with Crippen molar-refractivity contribution in [2.75, 3.05) is 26.7 Å². The van der Waals surface area contributed by atoms with Crippen molar-refractivity contribution in [3.63, 3.8) is 0 Å². The maximum absolute atomic E-state index is 9.49. The van der Waals surface area contributed by atoms with E-state index in [-0.39, 0.29) is 5.92 Å². The minimum atomic E-state index is -0.104. The lowest BCUT2D eigenvalue weighted by molar-refractivity contribution is 0.224. The Labute approximate surface area is 115 Å². The Morgan fingerprint density at radius 3 is 2.68 bits per heavy atom. The molecule has 3 nitrogen and oxygen atoms in total. The molecule has 1 aromatic carbocycles. The van der Waals surface area contributed by atoms with E-state index < -0.39 is 0 Å². The highest BCUT2D eigenvalue weighted by molar-refractivity contribution is 5.42. The van der Waals surface area contributed by atoms with Crippen LogP contribution >= 0.6 is 0 Å². The van der Waals surface area contributed by atoms with E-state index >= 15 is 0 Å². The third-order valence-electron chi connectivity index (χ3n) is 3.81. The molecule has 0 aliphatic carbocycles. The molecule has 1 aliphatic rings. The Morgan fingerprint density at radius 1 is 1.32 bits per heavy atom. The lowest BCUT2D eigenvalue weighted by atomic mass is 9.96. The summed E-state index contributed by atoms with van der Waals surface area (Å²) in [7, 11) is 1.67. The molecular formula is C16H22N2O. The van der Waals surface area contributed by atoms with Gasteiger partial charge in [0.1, 0.15) is 5.75 Å². The molecule has 0 amide bonds. The van der Waals surface area contributed by atoms with Gasteiger partial charge >= 0.3 is 0 Å². The van der Waals surface area contributed by atoms with Crippen molar-refractivity contribution >= 4 is 0 Å². The van der Waals surface area contributed by atoms with Gasteiger partial charge in [-0.2, -0.15) is 5.26 Å². The summed E-state index contributed by atoms with van der Waals surface area (Å²) in [5, 5.41) is 9.49. The highest BCUT2D eigenvalue weighted by Gasteiger charge is 2.20. The molecule has 1 atom stereocenters. The van der Waals surface area contributed by atoms with Crippen LogP contribution in [0.25, 0.3) is 0 Å². The molecule has 0 radical (unpaired) electrons. The quantitative estimate of drug-likeness (QED) is 0.832. The van der Waals surface area contributed by atoms with Gasteiger partial charge in [-0.1, -0.05) is 24.1 Å². The summed E-state index contributed by atoms with van der Waals surface area (Å²) in [5.74, 6) is 0.724. The van der Waals surface area contributed by atoms with E-state index in [2.05, 4.69) is 24.0 Å². The zero-order valence-corrected chi connectivity index (χ0v) is 11.9. The smallest absolute Gasteiger partial charge is 0.123 e. The summed E-state index contributed by atoms with van der Waals surface area (Å²) in [6.45, 7) is 5.10. The monoisotopic (exact) mass is 258 g/mol. The molecule has 0 aromatic heterocycles. The second-order valence-electron chi connectivity index (χ2n) is 5.29. The number of likely N-dealkylation sites (tertiary alicyclic amines) is 1. The van der Waals surface area contributed by atoms with Crippen molar-refractivity contribution in [1.82, 2.24) is 4.90 Å². The number of hydrogen-bond acceptors (Lipinski definition) is 3. The van der Waals surface area contributed by atoms with Crippen molar-refractivity contribution in [3.8, 4) is 11.8 Å². The van der Waals surface area contributed by atoms with E-state index in [0.717, 1.165) is 30.9 Å². The summed E-state index contributed by atoms with van der Waals surface area (Å²) >= 11 is 0. The van der Waals surface area contributed by atoms with Crippen LogP contribution in [0.4, 0.5) is 0 Å². The van der Waals surface area contributed by atoms with Gasteiger partial charge in [-0.25, -0.2) is 0 Å². The summed E-state index contributed by atoms with van der Waals surface area (Å²) in [5.41, 5.74) is 2.20. The van der Waals surface area contributed by atoms with Gasteiger partial charge in [0.05, 0.1) is 19.1 Å². The number of nitriles is 1. The molecule has 0 N–H and O–H groups in total. The van der Waals surface area contributed by atoms with Crippen molar-refractivity contribution < 1.29 is 4.74 Å². The molecule has 1 saturated heterocycles. The van der Waals surface area contributed by atoms with Gasteiger partial charge in [0.25, 0.3) is 0 Å². The van der Waals surface area contributed by atoms with Gasteiger partial charge in [0.2, 0.25) is 0 Å². The van der Waals surface area contributed by atoms with Crippen molar-refractivity contribution in [1.29, 1.82) is 5.26 Å². The standard InChI is InChI=1S/C16H22N2O/c1-13-6-7-16(19-2)15(10-13)14(11-17)12-18-8-4-3-5-9-18/h6-7,10,14H,3-5,8-9,12H2,1-2H3. The minimum absolute atomic E-state index is 0.104. The first kappa shape index (κ1) is 13.9. The molecule has 1 aliphatic heterocycles. The lowest BCUT2D eigenvalue weighted by Crippen LogP contribution is -2.33. The molecule has 3 heteroatoms. The predicted octanol–water partition coefficient (Wildman–Crippen LogP) is 3.10. The van der Waals surface area contributed by atoms with Crippen LogP contribution in [0.2, 0.25) is 0 Å². The first-order valence-electron chi connectivity index (χ1n) is 7.01. The van der Waals surface area contributed by atoms with Crippen LogP contribution in [-0.2, 0) is 0 Å². The fourth-order valence-corrected chi connectivity index (χ4v) is 2.73. The van der Waals surface area contributed by atoms with Gasteiger partial charge < -0.3 is 9.64 Å². The average Bonchev–Trinajstić information content (AvgIpc) is 2.46. The summed E-state index contributed by atoms with van der Waals surface area (Å²) in [4.78, 5) is 2.40. The largest absolute Gasteiger partial charge is 0.496 e. The molecular weight excluding hydrogens is 236 g/mol. The van der Waals surface area contributed by atoms with Crippen LogP contribution < -0.4 is 4.74 Å². The number of methoxy groups -OCH3 is 1. The first-order valence-corrected chi connectivity index (χ1v) is 7.01. The van der Waals surface area contributed by atoms with Crippen molar-refractivity contribution in [3.05, 3.63) is 29.3 Å². The van der Waals surface area contributed by atoms with Gasteiger partial charge in [-0.05, 0) is 38.9 Å². The van der Waals surface area contributed by atoms with E-state index in [1.807, 2.05) is 12.1 Å². The van der Waals surface area contributed by atoms with Crippen molar-refractivity contribution in [2.45, 2.75) is 32.1 Å². The molecule has 0 spiro atoms. The zero-order valence-electron chi connectivity index (χ0n) is 11.9. The van der Waals surface area contributed by atoms with E-state index in [9.17, 15) is 5.26 Å². The molecule has 102 valence electrons. The highest BCUT2D eigenvalue weighted by Crippen LogP contribution is 2.28. The normalized spacial score (nSPS) is 17.7. The number of piperidine rings is 1. The van der Waals surface area contributed by atoms with Crippen LogP contribution in [0, 0.1) is 18.3 Å². The molecule has 2 rings (SSSR count). The fourth-order valence-electron chi connectivity index (χ4n) is 2.73. The van der Waals surface area contributed by atoms with Gasteiger partial charge in [0, 0.05) is 12.1 Å². The summed E-state index contributed by atoms with van der Waals surface area (Å²) in [6.07, 6.45) is 3.83. The zero-order chi connectivity index (χ0) is 13.7. The molecule has 0 saturated carbocycles. The van der Waals surface area contributed by atoms with E-state index in [0.29, 0.717) is 0 Å². The molecule has 1 aromatic rings. The SMILES string of the molecule is COc1ccc(C)cc1C(C#N)CN1CCCCC1. The van der Waals surface area contributed by atoms with Crippen LogP contribution in [0.5, 0.6) is 5.75 Å². The second kappa shape index (κ2) is 6.58.